The predicted molar refractivity (Wildman–Crippen MR) is 74.5 cm³/mol. The topological polar surface area (TPSA) is 71.1 Å². The van der Waals surface area contributed by atoms with Crippen molar-refractivity contribution in [2.24, 2.45) is 10.9 Å². The molecule has 0 bridgehead atoms. The average Bonchev–Trinajstić information content (AvgIpc) is 3.28. The van der Waals surface area contributed by atoms with Crippen LogP contribution >= 0.6 is 0 Å². The van der Waals surface area contributed by atoms with E-state index in [1.54, 1.807) is 7.11 Å². The Balaban J connectivity index is 2.00. The highest BCUT2D eigenvalue weighted by atomic mass is 16.5. The second-order valence-electron chi connectivity index (χ2n) is 4.85. The van der Waals surface area contributed by atoms with Crippen LogP contribution in [0.2, 0.25) is 0 Å². The zero-order chi connectivity index (χ0) is 13.7. The molecular formula is C14H21N3O2. The van der Waals surface area contributed by atoms with Gasteiger partial charge in [-0.3, -0.25) is 4.90 Å². The zero-order valence-electron chi connectivity index (χ0n) is 11.2. The molecule has 1 fully saturated rings. The molecule has 0 unspecified atom stereocenters. The first kappa shape index (κ1) is 13.7. The third kappa shape index (κ3) is 3.86. The summed E-state index contributed by atoms with van der Waals surface area (Å²) >= 11 is 0. The maximum atomic E-state index is 8.60. The van der Waals surface area contributed by atoms with Crippen LogP contribution in [0, 0.1) is 0 Å². The minimum atomic E-state index is 0.283. The Morgan fingerprint density at radius 3 is 2.84 bits per heavy atom. The summed E-state index contributed by atoms with van der Waals surface area (Å²) in [5, 5.41) is 11.6. The lowest BCUT2D eigenvalue weighted by Crippen LogP contribution is -2.30. The van der Waals surface area contributed by atoms with Gasteiger partial charge >= 0.3 is 0 Å². The van der Waals surface area contributed by atoms with E-state index in [-0.39, 0.29) is 5.84 Å². The molecule has 0 saturated heterocycles. The molecule has 0 aliphatic heterocycles. The van der Waals surface area contributed by atoms with Gasteiger partial charge in [-0.05, 0) is 18.9 Å². The third-order valence-corrected chi connectivity index (χ3v) is 3.41. The van der Waals surface area contributed by atoms with Crippen LogP contribution in [0.15, 0.2) is 29.4 Å². The van der Waals surface area contributed by atoms with Crippen LogP contribution in [0.5, 0.6) is 5.75 Å². The van der Waals surface area contributed by atoms with Crippen molar-refractivity contribution in [2.75, 3.05) is 13.7 Å². The molecule has 1 saturated carbocycles. The molecule has 3 N–H and O–H groups in total. The highest BCUT2D eigenvalue weighted by Crippen LogP contribution is 2.30. The fraction of sp³-hybridized carbons (Fsp3) is 0.500. The lowest BCUT2D eigenvalue weighted by atomic mass is 10.2. The van der Waals surface area contributed by atoms with Gasteiger partial charge < -0.3 is 15.7 Å². The molecule has 0 amide bonds. The lowest BCUT2D eigenvalue weighted by molar-refractivity contribution is 0.255. The third-order valence-electron chi connectivity index (χ3n) is 3.41. The number of para-hydroxylation sites is 1. The van der Waals surface area contributed by atoms with Crippen molar-refractivity contribution in [1.82, 2.24) is 4.90 Å². The summed E-state index contributed by atoms with van der Waals surface area (Å²) in [6.45, 7) is 1.64. The molecule has 1 aromatic carbocycles. The first-order chi connectivity index (χ1) is 9.24. The largest absolute Gasteiger partial charge is 0.496 e. The molecule has 1 aliphatic carbocycles. The Morgan fingerprint density at radius 1 is 1.47 bits per heavy atom. The minimum Gasteiger partial charge on any atom is -0.496 e. The molecule has 1 aliphatic rings. The van der Waals surface area contributed by atoms with Crippen molar-refractivity contribution in [3.05, 3.63) is 29.8 Å². The molecule has 2 rings (SSSR count). The van der Waals surface area contributed by atoms with Gasteiger partial charge in [0.25, 0.3) is 0 Å². The molecule has 1 aromatic rings. The van der Waals surface area contributed by atoms with Gasteiger partial charge in [0.05, 0.1) is 7.11 Å². The molecule has 0 spiro atoms. The summed E-state index contributed by atoms with van der Waals surface area (Å²) in [5.41, 5.74) is 6.72. The van der Waals surface area contributed by atoms with Gasteiger partial charge in [0, 0.05) is 31.1 Å². The van der Waals surface area contributed by atoms with Gasteiger partial charge in [-0.1, -0.05) is 23.4 Å². The van der Waals surface area contributed by atoms with E-state index < -0.39 is 0 Å². The Bertz CT molecular complexity index is 444. The first-order valence-corrected chi connectivity index (χ1v) is 6.57. The highest BCUT2D eigenvalue weighted by Gasteiger charge is 2.29. The van der Waals surface area contributed by atoms with E-state index in [0.29, 0.717) is 12.5 Å². The summed E-state index contributed by atoms with van der Waals surface area (Å²) < 4.78 is 5.38. The Labute approximate surface area is 113 Å². The van der Waals surface area contributed by atoms with Crippen LogP contribution in [0.25, 0.3) is 0 Å². The number of oxime groups is 1. The van der Waals surface area contributed by atoms with E-state index in [1.807, 2.05) is 18.2 Å². The van der Waals surface area contributed by atoms with Gasteiger partial charge in [0.2, 0.25) is 0 Å². The molecule has 0 radical (unpaired) electrons. The molecule has 0 heterocycles. The standard InChI is InChI=1S/C14H21N3O2/c1-19-13-5-3-2-4-11(13)10-17(12-6-7-12)9-8-14(15)16-18/h2-5,12,18H,6-10H2,1H3,(H2,15,16). The van der Waals surface area contributed by atoms with Gasteiger partial charge in [-0.2, -0.15) is 0 Å². The van der Waals surface area contributed by atoms with E-state index in [0.717, 1.165) is 18.8 Å². The summed E-state index contributed by atoms with van der Waals surface area (Å²) in [4.78, 5) is 2.37. The number of nitrogens with zero attached hydrogens (tertiary/aromatic N) is 2. The van der Waals surface area contributed by atoms with E-state index in [4.69, 9.17) is 15.7 Å². The number of benzene rings is 1. The van der Waals surface area contributed by atoms with Crippen molar-refractivity contribution in [3.8, 4) is 5.75 Å². The number of methoxy groups -OCH3 is 1. The van der Waals surface area contributed by atoms with Crippen LogP contribution in [0.1, 0.15) is 24.8 Å². The Kier molecular flexibility index (Phi) is 4.63. The van der Waals surface area contributed by atoms with Crippen LogP contribution in [-0.2, 0) is 6.54 Å². The van der Waals surface area contributed by atoms with Gasteiger partial charge in [-0.25, -0.2) is 0 Å². The number of hydrogen-bond acceptors (Lipinski definition) is 4. The van der Waals surface area contributed by atoms with E-state index in [9.17, 15) is 0 Å². The van der Waals surface area contributed by atoms with Crippen molar-refractivity contribution < 1.29 is 9.94 Å². The van der Waals surface area contributed by atoms with Gasteiger partial charge in [-0.15, -0.1) is 0 Å². The average molecular weight is 263 g/mol. The molecule has 0 aromatic heterocycles. The summed E-state index contributed by atoms with van der Waals surface area (Å²) in [5.74, 6) is 1.20. The minimum absolute atomic E-state index is 0.283. The van der Waals surface area contributed by atoms with Crippen molar-refractivity contribution >= 4 is 5.84 Å². The summed E-state index contributed by atoms with van der Waals surface area (Å²) in [7, 11) is 1.69. The fourth-order valence-corrected chi connectivity index (χ4v) is 2.19. The summed E-state index contributed by atoms with van der Waals surface area (Å²) in [6, 6.07) is 8.67. The van der Waals surface area contributed by atoms with Crippen molar-refractivity contribution in [2.45, 2.75) is 31.8 Å². The molecule has 0 atom stereocenters. The van der Waals surface area contributed by atoms with Gasteiger partial charge in [0.1, 0.15) is 11.6 Å². The van der Waals surface area contributed by atoms with Crippen LogP contribution in [0.4, 0.5) is 0 Å². The first-order valence-electron chi connectivity index (χ1n) is 6.57. The number of nitrogens with two attached hydrogens (primary N) is 1. The van der Waals surface area contributed by atoms with E-state index in [2.05, 4.69) is 16.1 Å². The van der Waals surface area contributed by atoms with Crippen LogP contribution in [-0.4, -0.2) is 35.6 Å². The second kappa shape index (κ2) is 6.43. The van der Waals surface area contributed by atoms with Crippen LogP contribution < -0.4 is 10.5 Å². The molecular weight excluding hydrogens is 242 g/mol. The highest BCUT2D eigenvalue weighted by molar-refractivity contribution is 5.79. The maximum Gasteiger partial charge on any atom is 0.140 e. The molecule has 19 heavy (non-hydrogen) atoms. The van der Waals surface area contributed by atoms with Crippen LogP contribution in [0.3, 0.4) is 0 Å². The normalized spacial score (nSPS) is 15.8. The fourth-order valence-electron chi connectivity index (χ4n) is 2.19. The van der Waals surface area contributed by atoms with E-state index >= 15 is 0 Å². The lowest BCUT2D eigenvalue weighted by Gasteiger charge is -2.22. The van der Waals surface area contributed by atoms with Crippen molar-refractivity contribution in [3.63, 3.8) is 0 Å². The maximum absolute atomic E-state index is 8.60. The Hall–Kier alpha value is -1.75. The smallest absolute Gasteiger partial charge is 0.140 e. The predicted octanol–water partition coefficient (Wildman–Crippen LogP) is 1.80. The SMILES string of the molecule is COc1ccccc1CN(CCC(N)=NO)C1CC1. The number of ether oxygens (including phenoxy) is 1. The van der Waals surface area contributed by atoms with Gasteiger partial charge in [0.15, 0.2) is 0 Å². The number of hydrogen-bond donors (Lipinski definition) is 2. The zero-order valence-corrected chi connectivity index (χ0v) is 11.2. The number of rotatable bonds is 7. The molecule has 5 heteroatoms. The van der Waals surface area contributed by atoms with Crippen molar-refractivity contribution in [1.29, 1.82) is 0 Å². The van der Waals surface area contributed by atoms with E-state index in [1.165, 1.54) is 18.4 Å². The quantitative estimate of drug-likeness (QED) is 0.340. The Morgan fingerprint density at radius 2 is 2.21 bits per heavy atom. The number of amidine groups is 1. The summed E-state index contributed by atoms with van der Waals surface area (Å²) in [6.07, 6.45) is 3.04. The monoisotopic (exact) mass is 263 g/mol. The molecule has 104 valence electrons. The second-order valence-corrected chi connectivity index (χ2v) is 4.85. The molecule has 5 nitrogen and oxygen atoms in total.